The first kappa shape index (κ1) is 18.7. The first-order valence-corrected chi connectivity index (χ1v) is 10.3. The van der Waals surface area contributed by atoms with E-state index in [1.807, 2.05) is 11.0 Å². The quantitative estimate of drug-likeness (QED) is 0.871. The van der Waals surface area contributed by atoms with E-state index in [-0.39, 0.29) is 17.9 Å². The van der Waals surface area contributed by atoms with Gasteiger partial charge in [-0.1, -0.05) is 18.0 Å². The maximum Gasteiger partial charge on any atom is 0.274 e. The number of hydrogen-bond acceptors (Lipinski definition) is 4. The standard InChI is InChI=1S/C20H27ClN4O2/c21-16-4-5-19-22-17(13-25(19)12-16)20(27)24-10-6-15(7-11-24)18(26)14-23-8-2-1-3-9-23/h4-5,12-13,15,18,26H,1-3,6-11,14H2. The third kappa shape index (κ3) is 4.28. The van der Waals surface area contributed by atoms with E-state index in [0.29, 0.717) is 23.8 Å². The summed E-state index contributed by atoms with van der Waals surface area (Å²) in [7, 11) is 0. The Hall–Kier alpha value is -1.63. The van der Waals surface area contributed by atoms with E-state index in [4.69, 9.17) is 11.6 Å². The second kappa shape index (κ2) is 8.17. The fourth-order valence-electron chi connectivity index (χ4n) is 4.27. The average molecular weight is 391 g/mol. The molecule has 2 saturated heterocycles. The molecule has 2 fully saturated rings. The van der Waals surface area contributed by atoms with E-state index >= 15 is 0 Å². The molecule has 6 nitrogen and oxygen atoms in total. The van der Waals surface area contributed by atoms with E-state index in [1.54, 1.807) is 22.9 Å². The van der Waals surface area contributed by atoms with Gasteiger partial charge in [0, 0.05) is 32.0 Å². The number of carbonyl (C=O) groups is 1. The molecule has 2 aromatic rings. The number of nitrogens with zero attached hydrogens (tertiary/aromatic N) is 4. The summed E-state index contributed by atoms with van der Waals surface area (Å²) < 4.78 is 1.78. The van der Waals surface area contributed by atoms with Crippen molar-refractivity contribution in [1.82, 2.24) is 19.2 Å². The summed E-state index contributed by atoms with van der Waals surface area (Å²) in [5.74, 6) is 0.231. The molecule has 7 heteroatoms. The van der Waals surface area contributed by atoms with Gasteiger partial charge in [0.2, 0.25) is 0 Å². The van der Waals surface area contributed by atoms with Gasteiger partial charge in [-0.3, -0.25) is 4.79 Å². The van der Waals surface area contributed by atoms with Crippen molar-refractivity contribution < 1.29 is 9.90 Å². The van der Waals surface area contributed by atoms with Crippen LogP contribution in [0.1, 0.15) is 42.6 Å². The second-order valence-corrected chi connectivity index (χ2v) is 8.23. The molecule has 4 heterocycles. The molecule has 2 aliphatic rings. The van der Waals surface area contributed by atoms with Gasteiger partial charge in [0.15, 0.2) is 0 Å². The topological polar surface area (TPSA) is 61.1 Å². The van der Waals surface area contributed by atoms with Crippen LogP contribution in [0.15, 0.2) is 24.5 Å². The third-order valence-electron chi connectivity index (χ3n) is 5.90. The number of piperidine rings is 2. The highest BCUT2D eigenvalue weighted by Gasteiger charge is 2.30. The number of hydrogen-bond donors (Lipinski definition) is 1. The van der Waals surface area contributed by atoms with E-state index in [1.165, 1.54) is 19.3 Å². The van der Waals surface area contributed by atoms with Crippen molar-refractivity contribution >= 4 is 23.2 Å². The molecule has 0 spiro atoms. The molecule has 0 radical (unpaired) electrons. The highest BCUT2D eigenvalue weighted by atomic mass is 35.5. The molecular formula is C20H27ClN4O2. The number of aromatic nitrogens is 2. The maximum atomic E-state index is 12.8. The third-order valence-corrected chi connectivity index (χ3v) is 6.12. The number of likely N-dealkylation sites (tertiary alicyclic amines) is 2. The van der Waals surface area contributed by atoms with Crippen molar-refractivity contribution in [3.8, 4) is 0 Å². The monoisotopic (exact) mass is 390 g/mol. The predicted molar refractivity (Wildman–Crippen MR) is 105 cm³/mol. The van der Waals surface area contributed by atoms with Crippen LogP contribution in [-0.4, -0.2) is 69.0 Å². The number of carbonyl (C=O) groups excluding carboxylic acids is 1. The van der Waals surface area contributed by atoms with Crippen molar-refractivity contribution in [2.45, 2.75) is 38.2 Å². The molecule has 2 aliphatic heterocycles. The molecule has 0 aliphatic carbocycles. The lowest BCUT2D eigenvalue weighted by molar-refractivity contribution is 0.0251. The summed E-state index contributed by atoms with van der Waals surface area (Å²) in [4.78, 5) is 21.4. The number of amides is 1. The highest BCUT2D eigenvalue weighted by molar-refractivity contribution is 6.30. The summed E-state index contributed by atoms with van der Waals surface area (Å²) in [5, 5.41) is 11.2. The van der Waals surface area contributed by atoms with Crippen LogP contribution in [0.25, 0.3) is 5.65 Å². The van der Waals surface area contributed by atoms with Gasteiger partial charge in [0.25, 0.3) is 5.91 Å². The number of β-amino-alcohol motifs (C(OH)–C–C–N with tert-alkyl or cyclic N) is 1. The van der Waals surface area contributed by atoms with Crippen molar-refractivity contribution in [2.75, 3.05) is 32.7 Å². The molecule has 0 aromatic carbocycles. The lowest BCUT2D eigenvalue weighted by Crippen LogP contribution is -2.45. The highest BCUT2D eigenvalue weighted by Crippen LogP contribution is 2.24. The zero-order chi connectivity index (χ0) is 18.8. The number of aliphatic hydroxyl groups is 1. The molecular weight excluding hydrogens is 364 g/mol. The van der Waals surface area contributed by atoms with Crippen LogP contribution in [0.5, 0.6) is 0 Å². The van der Waals surface area contributed by atoms with Crippen LogP contribution < -0.4 is 0 Å². The van der Waals surface area contributed by atoms with Crippen molar-refractivity contribution in [3.05, 3.63) is 35.2 Å². The fraction of sp³-hybridized carbons (Fsp3) is 0.600. The van der Waals surface area contributed by atoms with Gasteiger partial charge in [0.05, 0.1) is 11.1 Å². The summed E-state index contributed by atoms with van der Waals surface area (Å²) in [5.41, 5.74) is 1.17. The number of pyridine rings is 1. The summed E-state index contributed by atoms with van der Waals surface area (Å²) in [6, 6.07) is 3.58. The molecule has 27 heavy (non-hydrogen) atoms. The van der Waals surface area contributed by atoms with Crippen LogP contribution in [-0.2, 0) is 0 Å². The summed E-state index contributed by atoms with van der Waals surface area (Å²) >= 11 is 6.00. The van der Waals surface area contributed by atoms with E-state index < -0.39 is 0 Å². The lowest BCUT2D eigenvalue weighted by Gasteiger charge is -2.36. The van der Waals surface area contributed by atoms with Crippen molar-refractivity contribution in [3.63, 3.8) is 0 Å². The number of halogens is 1. The molecule has 1 amide bonds. The Bertz CT molecular complexity index is 794. The number of aliphatic hydroxyl groups excluding tert-OH is 1. The molecule has 4 rings (SSSR count). The molecule has 1 unspecified atom stereocenters. The van der Waals surface area contributed by atoms with E-state index in [0.717, 1.165) is 38.1 Å². The smallest absolute Gasteiger partial charge is 0.274 e. The largest absolute Gasteiger partial charge is 0.392 e. The molecule has 1 atom stereocenters. The van der Waals surface area contributed by atoms with Crippen LogP contribution in [0, 0.1) is 5.92 Å². The maximum absolute atomic E-state index is 12.8. The van der Waals surface area contributed by atoms with Crippen LogP contribution in [0.3, 0.4) is 0 Å². The fourth-order valence-corrected chi connectivity index (χ4v) is 4.44. The van der Waals surface area contributed by atoms with E-state index in [9.17, 15) is 9.90 Å². The minimum atomic E-state index is -0.294. The Morgan fingerprint density at radius 3 is 2.63 bits per heavy atom. The van der Waals surface area contributed by atoms with Gasteiger partial charge >= 0.3 is 0 Å². The summed E-state index contributed by atoms with van der Waals surface area (Å²) in [6.07, 6.45) is 8.68. The Morgan fingerprint density at radius 1 is 1.15 bits per heavy atom. The Balaban J connectivity index is 1.33. The lowest BCUT2D eigenvalue weighted by atomic mass is 9.90. The molecule has 2 aromatic heterocycles. The minimum absolute atomic E-state index is 0.0428. The van der Waals surface area contributed by atoms with Crippen molar-refractivity contribution in [1.29, 1.82) is 0 Å². The predicted octanol–water partition coefficient (Wildman–Crippen LogP) is 2.69. The average Bonchev–Trinajstić information content (AvgIpc) is 3.11. The summed E-state index contributed by atoms with van der Waals surface area (Å²) in [6.45, 7) is 4.33. The van der Waals surface area contributed by atoms with Crippen LogP contribution in [0.4, 0.5) is 0 Å². The zero-order valence-electron chi connectivity index (χ0n) is 15.6. The number of rotatable bonds is 4. The number of imidazole rings is 1. The van der Waals surface area contributed by atoms with Gasteiger partial charge in [-0.25, -0.2) is 4.98 Å². The molecule has 1 N–H and O–H groups in total. The zero-order valence-corrected chi connectivity index (χ0v) is 16.3. The minimum Gasteiger partial charge on any atom is -0.392 e. The van der Waals surface area contributed by atoms with Gasteiger partial charge in [-0.15, -0.1) is 0 Å². The first-order valence-electron chi connectivity index (χ1n) is 9.94. The normalized spacial score (nSPS) is 20.9. The first-order chi connectivity index (χ1) is 13.1. The molecule has 0 bridgehead atoms. The Kier molecular flexibility index (Phi) is 5.66. The molecule has 146 valence electrons. The van der Waals surface area contributed by atoms with Gasteiger partial charge in [0.1, 0.15) is 11.3 Å². The van der Waals surface area contributed by atoms with Gasteiger partial charge in [-0.2, -0.15) is 0 Å². The van der Waals surface area contributed by atoms with Crippen molar-refractivity contribution in [2.24, 2.45) is 5.92 Å². The molecule has 0 saturated carbocycles. The van der Waals surface area contributed by atoms with Crippen LogP contribution in [0.2, 0.25) is 5.02 Å². The SMILES string of the molecule is O=C(c1cn2cc(Cl)ccc2n1)N1CCC(C(O)CN2CCCCC2)CC1. The second-order valence-electron chi connectivity index (χ2n) is 7.80. The van der Waals surface area contributed by atoms with Gasteiger partial charge < -0.3 is 19.3 Å². The Labute approximate surface area is 164 Å². The van der Waals surface area contributed by atoms with Gasteiger partial charge in [-0.05, 0) is 56.8 Å². The number of fused-ring (bicyclic) bond motifs is 1. The Morgan fingerprint density at radius 2 is 1.89 bits per heavy atom. The van der Waals surface area contributed by atoms with Crippen LogP contribution >= 0.6 is 11.6 Å². The van der Waals surface area contributed by atoms with E-state index in [2.05, 4.69) is 9.88 Å².